The SMILES string of the molecule is CC(C)NS(=O)(=O)Cc1ccc(CNC2CCCc3c2cnn3C)cc1. The van der Waals surface area contributed by atoms with E-state index in [1.54, 1.807) is 0 Å². The molecule has 0 aliphatic heterocycles. The van der Waals surface area contributed by atoms with Gasteiger partial charge in [0, 0.05) is 36.9 Å². The van der Waals surface area contributed by atoms with Crippen LogP contribution in [0.3, 0.4) is 0 Å². The molecule has 0 bridgehead atoms. The molecule has 7 heteroatoms. The number of nitrogens with one attached hydrogen (secondary N) is 2. The molecule has 2 aromatic rings. The molecule has 1 aliphatic rings. The summed E-state index contributed by atoms with van der Waals surface area (Å²) < 4.78 is 28.6. The van der Waals surface area contributed by atoms with Crippen LogP contribution < -0.4 is 10.0 Å². The molecule has 1 unspecified atom stereocenters. The van der Waals surface area contributed by atoms with Gasteiger partial charge < -0.3 is 5.32 Å². The molecule has 26 heavy (non-hydrogen) atoms. The van der Waals surface area contributed by atoms with Crippen molar-refractivity contribution >= 4 is 10.0 Å². The van der Waals surface area contributed by atoms with E-state index in [4.69, 9.17) is 0 Å². The molecule has 1 aromatic heterocycles. The molecule has 2 N–H and O–H groups in total. The van der Waals surface area contributed by atoms with Crippen LogP contribution in [-0.4, -0.2) is 24.2 Å². The van der Waals surface area contributed by atoms with Crippen LogP contribution in [0.1, 0.15) is 55.1 Å². The molecule has 1 atom stereocenters. The van der Waals surface area contributed by atoms with E-state index in [9.17, 15) is 8.42 Å². The number of aromatic nitrogens is 2. The lowest BCUT2D eigenvalue weighted by atomic mass is 9.93. The first-order valence-electron chi connectivity index (χ1n) is 9.16. The quantitative estimate of drug-likeness (QED) is 0.778. The molecule has 1 heterocycles. The Morgan fingerprint density at radius 2 is 1.92 bits per heavy atom. The average Bonchev–Trinajstić information content (AvgIpc) is 2.95. The van der Waals surface area contributed by atoms with Gasteiger partial charge in [-0.2, -0.15) is 5.10 Å². The Labute approximate surface area is 156 Å². The molecule has 0 radical (unpaired) electrons. The Morgan fingerprint density at radius 3 is 2.62 bits per heavy atom. The predicted octanol–water partition coefficient (Wildman–Crippen LogP) is 2.42. The van der Waals surface area contributed by atoms with Gasteiger partial charge in [-0.25, -0.2) is 13.1 Å². The number of hydrogen-bond acceptors (Lipinski definition) is 4. The molecule has 3 rings (SSSR count). The number of rotatable bonds is 7. The van der Waals surface area contributed by atoms with Crippen LogP contribution in [0.25, 0.3) is 0 Å². The zero-order valence-corrected chi connectivity index (χ0v) is 16.5. The van der Waals surface area contributed by atoms with E-state index in [-0.39, 0.29) is 11.8 Å². The van der Waals surface area contributed by atoms with Crippen LogP contribution in [0.2, 0.25) is 0 Å². The first-order valence-corrected chi connectivity index (χ1v) is 10.8. The molecule has 6 nitrogen and oxygen atoms in total. The monoisotopic (exact) mass is 376 g/mol. The maximum Gasteiger partial charge on any atom is 0.216 e. The van der Waals surface area contributed by atoms with Gasteiger partial charge in [0.25, 0.3) is 0 Å². The van der Waals surface area contributed by atoms with Gasteiger partial charge in [0.1, 0.15) is 0 Å². The van der Waals surface area contributed by atoms with Crippen molar-refractivity contribution in [2.24, 2.45) is 7.05 Å². The zero-order chi connectivity index (χ0) is 18.7. The molecule has 0 spiro atoms. The Balaban J connectivity index is 1.59. The lowest BCUT2D eigenvalue weighted by Gasteiger charge is -2.24. The summed E-state index contributed by atoms with van der Waals surface area (Å²) in [5, 5.41) is 8.00. The van der Waals surface area contributed by atoms with Gasteiger partial charge in [0.2, 0.25) is 10.0 Å². The lowest BCUT2D eigenvalue weighted by Crippen LogP contribution is -2.31. The van der Waals surface area contributed by atoms with Crippen molar-refractivity contribution in [1.82, 2.24) is 19.8 Å². The van der Waals surface area contributed by atoms with E-state index in [0.717, 1.165) is 30.5 Å². The van der Waals surface area contributed by atoms with E-state index >= 15 is 0 Å². The first-order chi connectivity index (χ1) is 12.3. The van der Waals surface area contributed by atoms with Crippen LogP contribution in [0.15, 0.2) is 30.5 Å². The molecular formula is C19H28N4O2S. The van der Waals surface area contributed by atoms with Crippen LogP contribution in [-0.2, 0) is 35.8 Å². The fourth-order valence-electron chi connectivity index (χ4n) is 3.53. The number of fused-ring (bicyclic) bond motifs is 1. The molecule has 0 fully saturated rings. The van der Waals surface area contributed by atoms with Crippen LogP contribution in [0, 0.1) is 0 Å². The Bertz CT molecular complexity index is 841. The van der Waals surface area contributed by atoms with E-state index in [1.165, 1.54) is 17.7 Å². The maximum absolute atomic E-state index is 12.0. The fourth-order valence-corrected chi connectivity index (χ4v) is 4.97. The summed E-state index contributed by atoms with van der Waals surface area (Å²) in [7, 11) is -1.28. The zero-order valence-electron chi connectivity index (χ0n) is 15.7. The van der Waals surface area contributed by atoms with Gasteiger partial charge in [-0.1, -0.05) is 24.3 Å². The largest absolute Gasteiger partial charge is 0.306 e. The summed E-state index contributed by atoms with van der Waals surface area (Å²) >= 11 is 0. The Hall–Kier alpha value is -1.70. The highest BCUT2D eigenvalue weighted by atomic mass is 32.2. The molecule has 0 amide bonds. The van der Waals surface area contributed by atoms with Crippen LogP contribution >= 0.6 is 0 Å². The smallest absolute Gasteiger partial charge is 0.216 e. The van der Waals surface area contributed by atoms with Gasteiger partial charge in [-0.3, -0.25) is 4.68 Å². The normalized spacial score (nSPS) is 17.5. The van der Waals surface area contributed by atoms with Crippen molar-refractivity contribution in [2.75, 3.05) is 0 Å². The van der Waals surface area contributed by atoms with Crippen molar-refractivity contribution in [3.8, 4) is 0 Å². The number of nitrogens with zero attached hydrogens (tertiary/aromatic N) is 2. The topological polar surface area (TPSA) is 76.0 Å². The third-order valence-electron chi connectivity index (χ3n) is 4.72. The predicted molar refractivity (Wildman–Crippen MR) is 103 cm³/mol. The van der Waals surface area contributed by atoms with Crippen LogP contribution in [0.5, 0.6) is 0 Å². The van der Waals surface area contributed by atoms with Crippen molar-refractivity contribution in [1.29, 1.82) is 0 Å². The molecule has 142 valence electrons. The Morgan fingerprint density at radius 1 is 1.23 bits per heavy atom. The van der Waals surface area contributed by atoms with Gasteiger partial charge in [-0.15, -0.1) is 0 Å². The minimum atomic E-state index is -3.28. The maximum atomic E-state index is 12.0. The molecule has 1 aliphatic carbocycles. The Kier molecular flexibility index (Phi) is 5.79. The van der Waals surface area contributed by atoms with Crippen molar-refractivity contribution in [3.05, 3.63) is 52.8 Å². The average molecular weight is 377 g/mol. The molecular weight excluding hydrogens is 348 g/mol. The van der Waals surface area contributed by atoms with Crippen molar-refractivity contribution in [2.45, 2.75) is 57.5 Å². The number of aryl methyl sites for hydroxylation is 1. The highest BCUT2D eigenvalue weighted by Crippen LogP contribution is 2.29. The van der Waals surface area contributed by atoms with E-state index < -0.39 is 10.0 Å². The van der Waals surface area contributed by atoms with E-state index in [1.807, 2.05) is 56.0 Å². The molecule has 1 aromatic carbocycles. The second-order valence-corrected chi connectivity index (χ2v) is 9.10. The third kappa shape index (κ3) is 4.72. The highest BCUT2D eigenvalue weighted by Gasteiger charge is 2.22. The molecule has 0 saturated carbocycles. The lowest BCUT2D eigenvalue weighted by molar-refractivity contribution is 0.452. The molecule has 0 saturated heterocycles. The standard InChI is InChI=1S/C19H28N4O2S/c1-14(2)22-26(24,25)13-16-9-7-15(8-10-16)11-20-18-5-4-6-19-17(18)12-21-23(19)3/h7-10,12,14,18,20,22H,4-6,11,13H2,1-3H3. The van der Waals surface area contributed by atoms with Crippen LogP contribution in [0.4, 0.5) is 0 Å². The first kappa shape index (κ1) is 19.1. The third-order valence-corrected chi connectivity index (χ3v) is 6.27. The highest BCUT2D eigenvalue weighted by molar-refractivity contribution is 7.88. The minimum absolute atomic E-state index is 0.0144. The minimum Gasteiger partial charge on any atom is -0.306 e. The summed E-state index contributed by atoms with van der Waals surface area (Å²) in [6.07, 6.45) is 5.36. The number of hydrogen-bond donors (Lipinski definition) is 2. The van der Waals surface area contributed by atoms with Gasteiger partial charge in [-0.05, 0) is 44.2 Å². The van der Waals surface area contributed by atoms with Gasteiger partial charge in [0.15, 0.2) is 0 Å². The summed E-state index contributed by atoms with van der Waals surface area (Å²) in [6, 6.07) is 8.04. The second-order valence-electron chi connectivity index (χ2n) is 7.34. The number of benzene rings is 1. The summed E-state index contributed by atoms with van der Waals surface area (Å²) in [5.41, 5.74) is 4.58. The summed E-state index contributed by atoms with van der Waals surface area (Å²) in [5.74, 6) is 0.0144. The van der Waals surface area contributed by atoms with E-state index in [2.05, 4.69) is 15.1 Å². The van der Waals surface area contributed by atoms with Crippen molar-refractivity contribution in [3.63, 3.8) is 0 Å². The summed E-state index contributed by atoms with van der Waals surface area (Å²) in [4.78, 5) is 0. The fraction of sp³-hybridized carbons (Fsp3) is 0.526. The number of sulfonamides is 1. The van der Waals surface area contributed by atoms with Gasteiger partial charge >= 0.3 is 0 Å². The van der Waals surface area contributed by atoms with Crippen molar-refractivity contribution < 1.29 is 8.42 Å². The van der Waals surface area contributed by atoms with Gasteiger partial charge in [0.05, 0.1) is 11.9 Å². The van der Waals surface area contributed by atoms with E-state index in [0.29, 0.717) is 6.04 Å². The second kappa shape index (κ2) is 7.90. The summed E-state index contributed by atoms with van der Waals surface area (Å²) in [6.45, 7) is 4.41.